The molecule has 0 radical (unpaired) electrons. The van der Waals surface area contributed by atoms with Gasteiger partial charge in [0.05, 0.1) is 12.2 Å². The lowest BCUT2D eigenvalue weighted by Crippen LogP contribution is -2.38. The second kappa shape index (κ2) is 10.6. The Hall–Kier alpha value is -3.84. The van der Waals surface area contributed by atoms with E-state index in [4.69, 9.17) is 15.2 Å². The van der Waals surface area contributed by atoms with Crippen molar-refractivity contribution in [2.75, 3.05) is 12.3 Å². The number of amides is 1. The molecule has 1 saturated heterocycles. The largest absolute Gasteiger partial charge is 0.457 e. The Bertz CT molecular complexity index is 1220. The predicted octanol–water partition coefficient (Wildman–Crippen LogP) is 1.07. The Balaban J connectivity index is 1.45. The van der Waals surface area contributed by atoms with Crippen molar-refractivity contribution in [1.29, 1.82) is 0 Å². The lowest BCUT2D eigenvalue weighted by molar-refractivity contribution is -0.221. The molecule has 0 unspecified atom stereocenters. The number of aromatic nitrogens is 2. The number of nitrogens with one attached hydrogen (secondary N) is 1. The number of ether oxygens (including phenoxy) is 2. The van der Waals surface area contributed by atoms with E-state index in [2.05, 4.69) is 15.2 Å². The number of benzene rings is 2. The molecule has 3 aromatic rings. The summed E-state index contributed by atoms with van der Waals surface area (Å²) >= 11 is 0. The monoisotopic (exact) mass is 486 g/mol. The first-order valence-electron chi connectivity index (χ1n) is 10.6. The topological polar surface area (TPSA) is 158 Å². The third-order valence-electron chi connectivity index (χ3n) is 5.45. The molecule has 0 spiro atoms. The number of rotatable bonds is 8. The molecule has 184 valence electrons. The fraction of sp³-hybridized carbons (Fsp3) is 0.261. The molecule has 4 atom stereocenters. The summed E-state index contributed by atoms with van der Waals surface area (Å²) in [5, 5.41) is 22.0. The van der Waals surface area contributed by atoms with Gasteiger partial charge in [-0.25, -0.2) is 4.79 Å². The van der Waals surface area contributed by atoms with Crippen molar-refractivity contribution in [3.8, 4) is 11.5 Å². The average Bonchev–Trinajstić information content (AvgIpc) is 3.19. The van der Waals surface area contributed by atoms with E-state index in [-0.39, 0.29) is 17.9 Å². The zero-order valence-corrected chi connectivity index (χ0v) is 18.3. The zero-order valence-electron chi connectivity index (χ0n) is 18.3. The number of carbonyl (C=O) groups excluding carboxylic acids is 1. The molecule has 1 aromatic heterocycles. The van der Waals surface area contributed by atoms with Crippen molar-refractivity contribution in [3.63, 3.8) is 0 Å². The van der Waals surface area contributed by atoms with Crippen LogP contribution in [0, 0.1) is 0 Å². The molecule has 35 heavy (non-hydrogen) atoms. The van der Waals surface area contributed by atoms with Gasteiger partial charge < -0.3 is 30.7 Å². The molecular weight excluding hydrogens is 463 g/mol. The van der Waals surface area contributed by atoms with Crippen molar-refractivity contribution in [2.24, 2.45) is 0 Å². The molecule has 0 bridgehead atoms. The minimum atomic E-state index is -1.62. The molecule has 4 rings (SSSR count). The second-order valence-electron chi connectivity index (χ2n) is 7.76. The van der Waals surface area contributed by atoms with Gasteiger partial charge in [-0.3, -0.25) is 9.36 Å². The fourth-order valence-electron chi connectivity index (χ4n) is 3.61. The molecule has 2 heterocycles. The van der Waals surface area contributed by atoms with Crippen LogP contribution >= 0.6 is 0 Å². The van der Waals surface area contributed by atoms with Crippen molar-refractivity contribution in [2.45, 2.75) is 31.1 Å². The maximum Gasteiger partial charge on any atom is 0.351 e. The minimum Gasteiger partial charge on any atom is -0.457 e. The first-order chi connectivity index (χ1) is 16.9. The molecule has 0 aliphatic carbocycles. The van der Waals surface area contributed by atoms with E-state index < -0.39 is 42.7 Å². The Labute approximate surface area is 198 Å². The number of halogens is 1. The number of para-hydroxylation sites is 1. The third kappa shape index (κ3) is 5.30. The quantitative estimate of drug-likeness (QED) is 0.365. The van der Waals surface area contributed by atoms with Crippen LogP contribution in [0.15, 0.2) is 65.6 Å². The van der Waals surface area contributed by atoms with Gasteiger partial charge in [0.1, 0.15) is 29.5 Å². The lowest BCUT2D eigenvalue weighted by Gasteiger charge is -2.19. The van der Waals surface area contributed by atoms with E-state index in [9.17, 15) is 24.3 Å². The van der Waals surface area contributed by atoms with Gasteiger partial charge in [0.15, 0.2) is 12.3 Å². The third-order valence-corrected chi connectivity index (χ3v) is 5.45. The number of anilines is 1. The number of nitrogens with zero attached hydrogens (tertiary/aromatic N) is 2. The summed E-state index contributed by atoms with van der Waals surface area (Å²) in [6, 6.07) is 16.3. The summed E-state index contributed by atoms with van der Waals surface area (Å²) in [5.41, 5.74) is 5.40. The van der Waals surface area contributed by atoms with E-state index in [1.54, 1.807) is 24.3 Å². The number of aliphatic hydroxyl groups is 2. The van der Waals surface area contributed by atoms with Crippen molar-refractivity contribution >= 4 is 11.7 Å². The predicted molar refractivity (Wildman–Crippen MR) is 120 cm³/mol. The second-order valence-corrected chi connectivity index (χ2v) is 7.76. The van der Waals surface area contributed by atoms with Gasteiger partial charge >= 0.3 is 5.69 Å². The average molecular weight is 486 g/mol. The Kier molecular flexibility index (Phi) is 7.36. The first kappa shape index (κ1) is 24.3. The fourth-order valence-corrected chi connectivity index (χ4v) is 3.61. The number of nitrogens with two attached hydrogens (primary N) is 1. The van der Waals surface area contributed by atoms with Gasteiger partial charge in [-0.2, -0.15) is 9.93 Å². The van der Waals surface area contributed by atoms with Crippen LogP contribution in [0.2, 0.25) is 0 Å². The van der Waals surface area contributed by atoms with Crippen LogP contribution in [0.25, 0.3) is 0 Å². The molecule has 5 N–H and O–H groups in total. The first-order valence-corrected chi connectivity index (χ1v) is 10.6. The van der Waals surface area contributed by atoms with E-state index in [0.717, 1.165) is 16.3 Å². The van der Waals surface area contributed by atoms with E-state index in [1.165, 1.54) is 0 Å². The highest BCUT2D eigenvalue weighted by Crippen LogP contribution is 2.31. The molecule has 11 nitrogen and oxygen atoms in total. The highest BCUT2D eigenvalue weighted by Gasteiger charge is 2.47. The van der Waals surface area contributed by atoms with Crippen molar-refractivity contribution in [3.05, 3.63) is 82.4 Å². The molecule has 1 aliphatic rings. The summed E-state index contributed by atoms with van der Waals surface area (Å²) < 4.78 is 24.9. The summed E-state index contributed by atoms with van der Waals surface area (Å²) in [7, 11) is 0. The van der Waals surface area contributed by atoms with Gasteiger partial charge in [0.25, 0.3) is 5.91 Å². The SMILES string of the molecule is Nc1nc(=O)n([C@@H]2O[C@H](CO)[C@H](O)[C@H]2OF)cc1C(=O)NCc1ccc(Oc2ccccc2)cc1. The molecule has 12 heteroatoms. The number of hydrogen-bond donors (Lipinski definition) is 4. The number of carbonyl (C=O) groups is 1. The van der Waals surface area contributed by atoms with Crippen LogP contribution in [0.5, 0.6) is 11.5 Å². The molecule has 0 saturated carbocycles. The molecule has 1 fully saturated rings. The highest BCUT2D eigenvalue weighted by atomic mass is 19.3. The zero-order chi connectivity index (χ0) is 24.9. The van der Waals surface area contributed by atoms with Crippen molar-refractivity contribution in [1.82, 2.24) is 14.9 Å². The molecule has 1 amide bonds. The highest BCUT2D eigenvalue weighted by molar-refractivity contribution is 5.97. The standard InChI is InChI=1S/C23H23FN4O7/c24-35-19-18(30)17(12-29)34-22(19)28-11-16(20(25)27-23(28)32)21(31)26-10-13-6-8-15(9-7-13)33-14-4-2-1-3-5-14/h1-9,11,17-19,22,29-30H,10,12H2,(H,26,31)(H2,25,27,32)/t17-,18+,19-,22-/m1/s1. The van der Waals surface area contributed by atoms with Crippen LogP contribution in [0.1, 0.15) is 22.1 Å². The van der Waals surface area contributed by atoms with Gasteiger partial charge in [0.2, 0.25) is 0 Å². The van der Waals surface area contributed by atoms with Gasteiger partial charge in [-0.1, -0.05) is 30.3 Å². The number of aliphatic hydroxyl groups excluding tert-OH is 2. The van der Waals surface area contributed by atoms with E-state index in [0.29, 0.717) is 11.5 Å². The summed E-state index contributed by atoms with van der Waals surface area (Å²) in [6.07, 6.45) is -4.80. The number of hydrogen-bond acceptors (Lipinski definition) is 9. The lowest BCUT2D eigenvalue weighted by atomic mass is 10.1. The smallest absolute Gasteiger partial charge is 0.351 e. The molecule has 1 aliphatic heterocycles. The van der Waals surface area contributed by atoms with Gasteiger partial charge in [-0.15, -0.1) is 0 Å². The van der Waals surface area contributed by atoms with E-state index in [1.807, 2.05) is 30.3 Å². The van der Waals surface area contributed by atoms with E-state index >= 15 is 0 Å². The maximum atomic E-state index is 13.1. The maximum absolute atomic E-state index is 13.1. The van der Waals surface area contributed by atoms with Crippen LogP contribution in [0.4, 0.5) is 10.3 Å². The summed E-state index contributed by atoms with van der Waals surface area (Å²) in [4.78, 5) is 32.4. The molecular formula is C23H23FN4O7. The Morgan fingerprint density at radius 2 is 1.86 bits per heavy atom. The Morgan fingerprint density at radius 1 is 1.17 bits per heavy atom. The van der Waals surface area contributed by atoms with Crippen molar-refractivity contribution < 1.29 is 33.9 Å². The summed E-state index contributed by atoms with van der Waals surface area (Å²) in [6.45, 7) is -0.512. The Morgan fingerprint density at radius 3 is 2.51 bits per heavy atom. The minimum absolute atomic E-state index is 0.129. The number of nitrogen functional groups attached to an aromatic ring is 1. The van der Waals surface area contributed by atoms with Crippen LogP contribution in [-0.2, 0) is 16.2 Å². The van der Waals surface area contributed by atoms with Gasteiger partial charge in [0, 0.05) is 12.7 Å². The van der Waals surface area contributed by atoms with Crippen LogP contribution in [0.3, 0.4) is 0 Å². The summed E-state index contributed by atoms with van der Waals surface area (Å²) in [5.74, 6) is 0.321. The van der Waals surface area contributed by atoms with Crippen LogP contribution < -0.4 is 21.5 Å². The normalized spacial score (nSPS) is 21.6. The molecule has 2 aromatic carbocycles. The van der Waals surface area contributed by atoms with Crippen LogP contribution in [-0.4, -0.2) is 50.6 Å². The van der Waals surface area contributed by atoms with Gasteiger partial charge in [-0.05, 0) is 34.4 Å².